The molecule has 0 saturated heterocycles. The minimum absolute atomic E-state index is 0.143. The fourth-order valence-electron chi connectivity index (χ4n) is 2.57. The van der Waals surface area contributed by atoms with Crippen LogP contribution in [0, 0.1) is 6.92 Å². The highest BCUT2D eigenvalue weighted by molar-refractivity contribution is 6.00. The highest BCUT2D eigenvalue weighted by Gasteiger charge is 2.08. The van der Waals surface area contributed by atoms with Crippen LogP contribution in [0.15, 0.2) is 59.4 Å². The maximum Gasteiger partial charge on any atom is 0.251 e. The van der Waals surface area contributed by atoms with Crippen molar-refractivity contribution in [3.8, 4) is 0 Å². The molecule has 0 aliphatic rings. The normalized spacial score (nSPS) is 10.4. The van der Waals surface area contributed by atoms with E-state index in [1.165, 1.54) is 6.07 Å². The first-order valence-electron chi connectivity index (χ1n) is 7.80. The van der Waals surface area contributed by atoms with Crippen LogP contribution in [0.3, 0.4) is 0 Å². The van der Waals surface area contributed by atoms with Crippen molar-refractivity contribution in [1.29, 1.82) is 0 Å². The van der Waals surface area contributed by atoms with E-state index in [0.29, 0.717) is 16.8 Å². The van der Waals surface area contributed by atoms with Crippen molar-refractivity contribution in [2.24, 2.45) is 0 Å². The zero-order valence-electron chi connectivity index (χ0n) is 13.6. The monoisotopic (exact) mass is 335 g/mol. The smallest absolute Gasteiger partial charge is 0.251 e. The summed E-state index contributed by atoms with van der Waals surface area (Å²) in [6.45, 7) is 1.71. The Balaban J connectivity index is 1.66. The standard InChI is InChI=1S/C19H17N3O3/c1-12-9-17(23)22-16-10-14(7-8-15(12)16)21-18(24)11-20-19(25)13-5-3-2-4-6-13/h2-10H,11H2,1H3,(H,20,25)(H,21,24)(H,22,23). The van der Waals surface area contributed by atoms with E-state index < -0.39 is 0 Å². The summed E-state index contributed by atoms with van der Waals surface area (Å²) < 4.78 is 0. The Kier molecular flexibility index (Phi) is 4.61. The Morgan fingerprint density at radius 1 is 1.04 bits per heavy atom. The third kappa shape index (κ3) is 3.92. The third-order valence-corrected chi connectivity index (χ3v) is 3.78. The summed E-state index contributed by atoms with van der Waals surface area (Å²) in [6, 6.07) is 15.5. The Labute approximate surface area is 143 Å². The number of amides is 2. The molecule has 0 aliphatic carbocycles. The molecule has 0 unspecified atom stereocenters. The number of anilines is 1. The number of hydrogen-bond acceptors (Lipinski definition) is 3. The Hall–Kier alpha value is -3.41. The van der Waals surface area contributed by atoms with Gasteiger partial charge in [-0.1, -0.05) is 24.3 Å². The number of nitrogens with one attached hydrogen (secondary N) is 3. The molecule has 1 heterocycles. The first-order valence-corrected chi connectivity index (χ1v) is 7.80. The molecular formula is C19H17N3O3. The molecule has 2 amide bonds. The maximum atomic E-state index is 12.0. The van der Waals surface area contributed by atoms with Crippen molar-refractivity contribution in [1.82, 2.24) is 10.3 Å². The van der Waals surface area contributed by atoms with Gasteiger partial charge >= 0.3 is 0 Å². The number of aromatic amines is 1. The van der Waals surface area contributed by atoms with Crippen molar-refractivity contribution in [3.05, 3.63) is 76.1 Å². The van der Waals surface area contributed by atoms with Gasteiger partial charge in [-0.25, -0.2) is 0 Å². The van der Waals surface area contributed by atoms with Gasteiger partial charge in [0.15, 0.2) is 0 Å². The minimum Gasteiger partial charge on any atom is -0.343 e. The first kappa shape index (κ1) is 16.4. The van der Waals surface area contributed by atoms with Crippen LogP contribution in [-0.4, -0.2) is 23.3 Å². The summed E-state index contributed by atoms with van der Waals surface area (Å²) in [5.41, 5.74) is 2.37. The fourth-order valence-corrected chi connectivity index (χ4v) is 2.57. The molecule has 0 saturated carbocycles. The largest absolute Gasteiger partial charge is 0.343 e. The Morgan fingerprint density at radius 3 is 2.56 bits per heavy atom. The highest BCUT2D eigenvalue weighted by atomic mass is 16.2. The fraction of sp³-hybridized carbons (Fsp3) is 0.105. The van der Waals surface area contributed by atoms with Crippen LogP contribution in [0.25, 0.3) is 10.9 Å². The van der Waals surface area contributed by atoms with E-state index in [9.17, 15) is 14.4 Å². The van der Waals surface area contributed by atoms with Gasteiger partial charge in [0.25, 0.3) is 5.91 Å². The van der Waals surface area contributed by atoms with E-state index in [4.69, 9.17) is 0 Å². The number of H-pyrrole nitrogens is 1. The highest BCUT2D eigenvalue weighted by Crippen LogP contribution is 2.18. The SMILES string of the molecule is Cc1cc(=O)[nH]c2cc(NC(=O)CNC(=O)c3ccccc3)ccc12. The van der Waals surface area contributed by atoms with Gasteiger partial charge in [-0.05, 0) is 36.8 Å². The number of aromatic nitrogens is 1. The van der Waals surface area contributed by atoms with Crippen LogP contribution >= 0.6 is 0 Å². The zero-order chi connectivity index (χ0) is 17.8. The molecular weight excluding hydrogens is 318 g/mol. The summed E-state index contributed by atoms with van der Waals surface area (Å²) in [6.07, 6.45) is 0. The molecule has 0 aliphatic heterocycles. The van der Waals surface area contributed by atoms with Crippen molar-refractivity contribution in [2.45, 2.75) is 6.92 Å². The molecule has 0 spiro atoms. The summed E-state index contributed by atoms with van der Waals surface area (Å²) in [7, 11) is 0. The number of rotatable bonds is 4. The lowest BCUT2D eigenvalue weighted by molar-refractivity contribution is -0.115. The van der Waals surface area contributed by atoms with Gasteiger partial charge in [-0.15, -0.1) is 0 Å². The van der Waals surface area contributed by atoms with E-state index in [1.807, 2.05) is 19.1 Å². The molecule has 25 heavy (non-hydrogen) atoms. The molecule has 0 radical (unpaired) electrons. The second kappa shape index (κ2) is 7.00. The van der Waals surface area contributed by atoms with E-state index in [-0.39, 0.29) is 23.9 Å². The van der Waals surface area contributed by atoms with Gasteiger partial charge in [-0.2, -0.15) is 0 Å². The zero-order valence-corrected chi connectivity index (χ0v) is 13.6. The minimum atomic E-state index is -0.348. The number of carbonyl (C=O) groups excluding carboxylic acids is 2. The lowest BCUT2D eigenvalue weighted by Gasteiger charge is -2.09. The van der Waals surface area contributed by atoms with Gasteiger partial charge < -0.3 is 15.6 Å². The summed E-state index contributed by atoms with van der Waals surface area (Å²) in [5.74, 6) is -0.659. The molecule has 3 aromatic rings. The van der Waals surface area contributed by atoms with Crippen LogP contribution in [-0.2, 0) is 4.79 Å². The summed E-state index contributed by atoms with van der Waals surface area (Å²) in [4.78, 5) is 38.2. The molecule has 0 bridgehead atoms. The molecule has 0 fully saturated rings. The van der Waals surface area contributed by atoms with Crippen LogP contribution in [0.5, 0.6) is 0 Å². The van der Waals surface area contributed by atoms with E-state index >= 15 is 0 Å². The molecule has 3 rings (SSSR count). The number of aryl methyl sites for hydroxylation is 1. The predicted octanol–water partition coefficient (Wildman–Crippen LogP) is 2.21. The van der Waals surface area contributed by atoms with E-state index in [1.54, 1.807) is 36.4 Å². The molecule has 3 N–H and O–H groups in total. The molecule has 126 valence electrons. The van der Waals surface area contributed by atoms with Crippen LogP contribution < -0.4 is 16.2 Å². The molecule has 2 aromatic carbocycles. The van der Waals surface area contributed by atoms with E-state index in [2.05, 4.69) is 15.6 Å². The molecule has 1 aromatic heterocycles. The second-order valence-corrected chi connectivity index (χ2v) is 5.67. The predicted molar refractivity (Wildman–Crippen MR) is 96.7 cm³/mol. The Morgan fingerprint density at radius 2 is 1.80 bits per heavy atom. The maximum absolute atomic E-state index is 12.0. The number of pyridine rings is 1. The number of hydrogen-bond donors (Lipinski definition) is 3. The van der Waals surface area contributed by atoms with Gasteiger partial charge in [0.1, 0.15) is 0 Å². The van der Waals surface area contributed by atoms with Gasteiger partial charge in [-0.3, -0.25) is 14.4 Å². The lowest BCUT2D eigenvalue weighted by Crippen LogP contribution is -2.32. The number of carbonyl (C=O) groups is 2. The van der Waals surface area contributed by atoms with Crippen molar-refractivity contribution in [2.75, 3.05) is 11.9 Å². The van der Waals surface area contributed by atoms with Crippen LogP contribution in [0.4, 0.5) is 5.69 Å². The first-order chi connectivity index (χ1) is 12.0. The topological polar surface area (TPSA) is 91.1 Å². The molecule has 0 atom stereocenters. The summed E-state index contributed by atoms with van der Waals surface area (Å²) >= 11 is 0. The van der Waals surface area contributed by atoms with E-state index in [0.717, 1.165) is 10.9 Å². The van der Waals surface area contributed by atoms with Crippen molar-refractivity contribution in [3.63, 3.8) is 0 Å². The molecule has 6 heteroatoms. The van der Waals surface area contributed by atoms with Crippen LogP contribution in [0.1, 0.15) is 15.9 Å². The Bertz CT molecular complexity index is 994. The quantitative estimate of drug-likeness (QED) is 0.683. The van der Waals surface area contributed by atoms with Gasteiger partial charge in [0.2, 0.25) is 11.5 Å². The lowest BCUT2D eigenvalue weighted by atomic mass is 10.1. The van der Waals surface area contributed by atoms with Gasteiger partial charge in [0.05, 0.1) is 12.1 Å². The number of fused-ring (bicyclic) bond motifs is 1. The average Bonchev–Trinajstić information content (AvgIpc) is 2.60. The van der Waals surface area contributed by atoms with Crippen LogP contribution in [0.2, 0.25) is 0 Å². The number of benzene rings is 2. The summed E-state index contributed by atoms with van der Waals surface area (Å²) in [5, 5.41) is 6.18. The van der Waals surface area contributed by atoms with Crippen molar-refractivity contribution < 1.29 is 9.59 Å². The second-order valence-electron chi connectivity index (χ2n) is 5.67. The van der Waals surface area contributed by atoms with Gasteiger partial charge in [0, 0.05) is 22.7 Å². The molecule has 6 nitrogen and oxygen atoms in total. The van der Waals surface area contributed by atoms with Crippen molar-refractivity contribution >= 4 is 28.4 Å². The third-order valence-electron chi connectivity index (χ3n) is 3.78. The average molecular weight is 335 g/mol.